The molecule has 1 aromatic carbocycles. The van der Waals surface area contributed by atoms with Crippen LogP contribution in [0.2, 0.25) is 0 Å². The second-order valence-corrected chi connectivity index (χ2v) is 5.54. The molecule has 0 spiro atoms. The van der Waals surface area contributed by atoms with E-state index in [1.165, 1.54) is 11.5 Å². The summed E-state index contributed by atoms with van der Waals surface area (Å²) in [7, 11) is 1.63. The van der Waals surface area contributed by atoms with Crippen molar-refractivity contribution < 1.29 is 9.47 Å². The summed E-state index contributed by atoms with van der Waals surface area (Å²) < 4.78 is 15.9. The van der Waals surface area contributed by atoms with Crippen molar-refractivity contribution in [2.45, 2.75) is 19.8 Å². The third-order valence-corrected chi connectivity index (χ3v) is 3.50. The molecule has 96 valence electrons. The third-order valence-electron chi connectivity index (χ3n) is 2.28. The molecule has 1 heterocycles. The number of methoxy groups -OCH3 is 1. The molecule has 0 amide bonds. The first-order valence-electron chi connectivity index (χ1n) is 5.45. The molecule has 0 radical (unpaired) electrons. The van der Waals surface area contributed by atoms with E-state index in [1.807, 2.05) is 18.2 Å². The maximum Gasteiger partial charge on any atom is 0.298 e. The van der Waals surface area contributed by atoms with Gasteiger partial charge in [0.1, 0.15) is 17.3 Å². The van der Waals surface area contributed by atoms with Crippen LogP contribution in [0.5, 0.6) is 16.7 Å². The van der Waals surface area contributed by atoms with Crippen LogP contribution < -0.4 is 9.47 Å². The first-order chi connectivity index (χ1) is 8.60. The third kappa shape index (κ3) is 3.00. The first kappa shape index (κ1) is 13.3. The molecular weight excluding hydrogens is 316 g/mol. The standard InChI is InChI=1S/C12H13BrN2O2S/c1-7(2)11-14-12(18-15-11)17-10-5-4-8(16-3)6-9(10)13/h4-7H,1-3H3. The average Bonchev–Trinajstić information content (AvgIpc) is 2.80. The van der Waals surface area contributed by atoms with Gasteiger partial charge < -0.3 is 9.47 Å². The largest absolute Gasteiger partial charge is 0.497 e. The van der Waals surface area contributed by atoms with Crippen LogP contribution in [-0.2, 0) is 0 Å². The van der Waals surface area contributed by atoms with Crippen LogP contribution in [0.4, 0.5) is 0 Å². The van der Waals surface area contributed by atoms with E-state index >= 15 is 0 Å². The zero-order chi connectivity index (χ0) is 13.1. The maximum atomic E-state index is 5.68. The molecule has 0 aliphatic rings. The molecule has 0 saturated heterocycles. The van der Waals surface area contributed by atoms with Gasteiger partial charge in [0.15, 0.2) is 0 Å². The molecule has 0 atom stereocenters. The Morgan fingerprint density at radius 2 is 2.11 bits per heavy atom. The van der Waals surface area contributed by atoms with E-state index in [0.29, 0.717) is 16.9 Å². The molecule has 0 N–H and O–H groups in total. The second kappa shape index (κ2) is 5.67. The monoisotopic (exact) mass is 328 g/mol. The van der Waals surface area contributed by atoms with Crippen molar-refractivity contribution in [3.05, 3.63) is 28.5 Å². The van der Waals surface area contributed by atoms with Crippen LogP contribution in [0.15, 0.2) is 22.7 Å². The van der Waals surface area contributed by atoms with Crippen LogP contribution >= 0.6 is 27.5 Å². The van der Waals surface area contributed by atoms with Gasteiger partial charge >= 0.3 is 0 Å². The minimum absolute atomic E-state index is 0.304. The van der Waals surface area contributed by atoms with Gasteiger partial charge in [-0.25, -0.2) is 0 Å². The minimum Gasteiger partial charge on any atom is -0.497 e. The second-order valence-electron chi connectivity index (χ2n) is 3.97. The van der Waals surface area contributed by atoms with Gasteiger partial charge in [0.25, 0.3) is 5.19 Å². The van der Waals surface area contributed by atoms with Gasteiger partial charge in [-0.3, -0.25) is 0 Å². The van der Waals surface area contributed by atoms with Gasteiger partial charge in [-0.05, 0) is 34.1 Å². The van der Waals surface area contributed by atoms with E-state index in [1.54, 1.807) is 7.11 Å². The maximum absolute atomic E-state index is 5.68. The van der Waals surface area contributed by atoms with E-state index in [4.69, 9.17) is 9.47 Å². The topological polar surface area (TPSA) is 44.2 Å². The van der Waals surface area contributed by atoms with Crippen LogP contribution in [0, 0.1) is 0 Å². The summed E-state index contributed by atoms with van der Waals surface area (Å²) in [5.41, 5.74) is 0. The van der Waals surface area contributed by atoms with Crippen LogP contribution in [0.25, 0.3) is 0 Å². The number of ether oxygens (including phenoxy) is 2. The summed E-state index contributed by atoms with van der Waals surface area (Å²) >= 11 is 4.69. The number of benzene rings is 1. The highest BCUT2D eigenvalue weighted by Gasteiger charge is 2.11. The van der Waals surface area contributed by atoms with Gasteiger partial charge in [-0.15, -0.1) is 0 Å². The molecule has 2 rings (SSSR count). The summed E-state index contributed by atoms with van der Waals surface area (Å²) in [6, 6.07) is 5.52. The summed E-state index contributed by atoms with van der Waals surface area (Å²) in [5, 5.41) is 0.546. The van der Waals surface area contributed by atoms with Crippen molar-refractivity contribution in [3.63, 3.8) is 0 Å². The zero-order valence-electron chi connectivity index (χ0n) is 10.3. The zero-order valence-corrected chi connectivity index (χ0v) is 12.7. The highest BCUT2D eigenvalue weighted by Crippen LogP contribution is 2.33. The van der Waals surface area contributed by atoms with E-state index in [-0.39, 0.29) is 0 Å². The van der Waals surface area contributed by atoms with E-state index in [9.17, 15) is 0 Å². The van der Waals surface area contributed by atoms with Crippen molar-refractivity contribution in [1.82, 2.24) is 9.36 Å². The first-order valence-corrected chi connectivity index (χ1v) is 7.01. The fraction of sp³-hybridized carbons (Fsp3) is 0.333. The van der Waals surface area contributed by atoms with Crippen molar-refractivity contribution in [3.8, 4) is 16.7 Å². The summed E-state index contributed by atoms with van der Waals surface area (Å²) in [4.78, 5) is 4.32. The Balaban J connectivity index is 2.17. The fourth-order valence-corrected chi connectivity index (χ4v) is 2.40. The van der Waals surface area contributed by atoms with Crippen molar-refractivity contribution in [1.29, 1.82) is 0 Å². The van der Waals surface area contributed by atoms with Gasteiger partial charge in [0.05, 0.1) is 11.6 Å². The van der Waals surface area contributed by atoms with E-state index in [0.717, 1.165) is 16.0 Å². The molecule has 0 aliphatic heterocycles. The Bertz CT molecular complexity index is 543. The lowest BCUT2D eigenvalue weighted by atomic mass is 10.2. The lowest BCUT2D eigenvalue weighted by molar-refractivity contribution is 0.412. The summed E-state index contributed by atoms with van der Waals surface area (Å²) in [6.07, 6.45) is 0. The molecule has 1 aromatic heterocycles. The van der Waals surface area contributed by atoms with Crippen molar-refractivity contribution in [2.24, 2.45) is 0 Å². The number of aromatic nitrogens is 2. The predicted octanol–water partition coefficient (Wildman–Crippen LogP) is 4.22. The van der Waals surface area contributed by atoms with Gasteiger partial charge in [-0.1, -0.05) is 13.8 Å². The molecular formula is C12H13BrN2O2S. The Hall–Kier alpha value is -1.14. The number of rotatable bonds is 4. The predicted molar refractivity (Wildman–Crippen MR) is 74.8 cm³/mol. The smallest absolute Gasteiger partial charge is 0.298 e. The number of nitrogens with zero attached hydrogens (tertiary/aromatic N) is 2. The van der Waals surface area contributed by atoms with Gasteiger partial charge in [0.2, 0.25) is 0 Å². The fourth-order valence-electron chi connectivity index (χ4n) is 1.28. The molecule has 0 unspecified atom stereocenters. The lowest BCUT2D eigenvalue weighted by Crippen LogP contribution is -1.90. The SMILES string of the molecule is COc1ccc(Oc2nc(C(C)C)ns2)c(Br)c1. The Kier molecular flexibility index (Phi) is 4.19. The Labute approximate surface area is 118 Å². The van der Waals surface area contributed by atoms with Gasteiger partial charge in [-0.2, -0.15) is 9.36 Å². The molecule has 0 fully saturated rings. The quantitative estimate of drug-likeness (QED) is 0.842. The number of hydrogen-bond acceptors (Lipinski definition) is 5. The highest BCUT2D eigenvalue weighted by molar-refractivity contribution is 9.10. The normalized spacial score (nSPS) is 10.7. The molecule has 0 aliphatic carbocycles. The van der Waals surface area contributed by atoms with Gasteiger partial charge in [0, 0.05) is 17.5 Å². The number of halogens is 1. The van der Waals surface area contributed by atoms with Crippen molar-refractivity contribution >= 4 is 27.5 Å². The molecule has 0 saturated carbocycles. The summed E-state index contributed by atoms with van der Waals surface area (Å²) in [6.45, 7) is 4.10. The Morgan fingerprint density at radius 3 is 2.67 bits per heavy atom. The lowest BCUT2D eigenvalue weighted by Gasteiger charge is -2.06. The van der Waals surface area contributed by atoms with Crippen LogP contribution in [0.1, 0.15) is 25.6 Å². The Morgan fingerprint density at radius 1 is 1.33 bits per heavy atom. The summed E-state index contributed by atoms with van der Waals surface area (Å²) in [5.74, 6) is 2.58. The average molecular weight is 329 g/mol. The number of hydrogen-bond donors (Lipinski definition) is 0. The molecule has 0 bridgehead atoms. The molecule has 4 nitrogen and oxygen atoms in total. The highest BCUT2D eigenvalue weighted by atomic mass is 79.9. The minimum atomic E-state index is 0.304. The molecule has 18 heavy (non-hydrogen) atoms. The van der Waals surface area contributed by atoms with E-state index in [2.05, 4.69) is 39.1 Å². The van der Waals surface area contributed by atoms with Crippen molar-refractivity contribution in [2.75, 3.05) is 7.11 Å². The molecule has 6 heteroatoms. The van der Waals surface area contributed by atoms with Crippen LogP contribution in [0.3, 0.4) is 0 Å². The van der Waals surface area contributed by atoms with E-state index < -0.39 is 0 Å². The molecule has 2 aromatic rings. The van der Waals surface area contributed by atoms with Crippen LogP contribution in [-0.4, -0.2) is 16.5 Å².